The molecule has 1 saturated heterocycles. The van der Waals surface area contributed by atoms with Gasteiger partial charge in [-0.1, -0.05) is 29.8 Å². The Morgan fingerprint density at radius 3 is 2.88 bits per heavy atom. The van der Waals surface area contributed by atoms with Gasteiger partial charge in [0.25, 0.3) is 0 Å². The van der Waals surface area contributed by atoms with Gasteiger partial charge in [-0.2, -0.15) is 4.31 Å². The van der Waals surface area contributed by atoms with Gasteiger partial charge in [-0.25, -0.2) is 8.42 Å². The number of benzene rings is 1. The number of rotatable bonds is 3. The van der Waals surface area contributed by atoms with E-state index in [9.17, 15) is 8.42 Å². The second kappa shape index (κ2) is 4.53. The smallest absolute Gasteiger partial charge is 0.220 e. The van der Waals surface area contributed by atoms with Crippen molar-refractivity contribution in [2.45, 2.75) is 12.7 Å². The predicted octanol–water partition coefficient (Wildman–Crippen LogP) is 1.11. The lowest BCUT2D eigenvalue weighted by Gasteiger charge is -2.13. The first-order chi connectivity index (χ1) is 7.58. The molecule has 0 radical (unpaired) electrons. The van der Waals surface area contributed by atoms with Crippen LogP contribution >= 0.6 is 0 Å². The van der Waals surface area contributed by atoms with Gasteiger partial charge in [0.15, 0.2) is 0 Å². The summed E-state index contributed by atoms with van der Waals surface area (Å²) >= 11 is 0. The maximum absolute atomic E-state index is 12.0. The van der Waals surface area contributed by atoms with Crippen LogP contribution in [0.1, 0.15) is 11.1 Å². The zero-order valence-electron chi connectivity index (χ0n) is 9.22. The van der Waals surface area contributed by atoms with Crippen molar-refractivity contribution in [3.8, 4) is 0 Å². The predicted molar refractivity (Wildman–Crippen MR) is 61.3 cm³/mol. The molecule has 0 N–H and O–H groups in total. The molecule has 0 aromatic heterocycles. The van der Waals surface area contributed by atoms with Crippen LogP contribution in [0.25, 0.3) is 0 Å². The summed E-state index contributed by atoms with van der Waals surface area (Å²) in [5.41, 5.74) is 1.90. The van der Waals surface area contributed by atoms with Crippen molar-refractivity contribution in [2.24, 2.45) is 0 Å². The Hall–Kier alpha value is -0.910. The van der Waals surface area contributed by atoms with Crippen LogP contribution < -0.4 is 0 Å². The summed E-state index contributed by atoms with van der Waals surface area (Å²) in [6.45, 7) is 3.10. The van der Waals surface area contributed by atoms with Gasteiger partial charge < -0.3 is 4.74 Å². The van der Waals surface area contributed by atoms with Gasteiger partial charge in [0.1, 0.15) is 6.73 Å². The summed E-state index contributed by atoms with van der Waals surface area (Å²) in [5.74, 6) is 0.0536. The minimum atomic E-state index is -3.22. The molecular weight excluding hydrogens is 226 g/mol. The highest BCUT2D eigenvalue weighted by Crippen LogP contribution is 2.14. The molecule has 1 aliphatic rings. The molecule has 1 heterocycles. The van der Waals surface area contributed by atoms with E-state index in [2.05, 4.69) is 0 Å². The van der Waals surface area contributed by atoms with E-state index < -0.39 is 10.0 Å². The molecule has 16 heavy (non-hydrogen) atoms. The van der Waals surface area contributed by atoms with Crippen molar-refractivity contribution in [1.82, 2.24) is 4.31 Å². The molecule has 4 nitrogen and oxygen atoms in total. The Morgan fingerprint density at radius 1 is 1.44 bits per heavy atom. The average molecular weight is 241 g/mol. The summed E-state index contributed by atoms with van der Waals surface area (Å²) in [6.07, 6.45) is 0. The highest BCUT2D eigenvalue weighted by molar-refractivity contribution is 7.88. The van der Waals surface area contributed by atoms with Crippen LogP contribution in [0.4, 0.5) is 0 Å². The van der Waals surface area contributed by atoms with E-state index in [0.717, 1.165) is 11.1 Å². The molecule has 0 amide bonds. The second-order valence-electron chi connectivity index (χ2n) is 3.96. The summed E-state index contributed by atoms with van der Waals surface area (Å²) in [4.78, 5) is 0. The maximum Gasteiger partial charge on any atom is 0.220 e. The van der Waals surface area contributed by atoms with Crippen LogP contribution in [0.3, 0.4) is 0 Å². The van der Waals surface area contributed by atoms with Gasteiger partial charge in [-0.05, 0) is 12.5 Å². The highest BCUT2D eigenvalue weighted by Gasteiger charge is 2.25. The maximum atomic E-state index is 12.0. The van der Waals surface area contributed by atoms with Crippen LogP contribution in [0.2, 0.25) is 0 Å². The molecule has 0 unspecified atom stereocenters. The molecule has 1 aliphatic heterocycles. The van der Waals surface area contributed by atoms with E-state index >= 15 is 0 Å². The van der Waals surface area contributed by atoms with Crippen molar-refractivity contribution in [1.29, 1.82) is 0 Å². The standard InChI is InChI=1S/C11H15NO3S/c1-10-3-2-4-11(7-10)8-16(13,14)12-5-6-15-9-12/h2-4,7H,5-6,8-9H2,1H3. The summed E-state index contributed by atoms with van der Waals surface area (Å²) < 4.78 is 30.4. The first-order valence-electron chi connectivity index (χ1n) is 5.19. The van der Waals surface area contributed by atoms with Gasteiger partial charge in [-0.15, -0.1) is 0 Å². The Kier molecular flexibility index (Phi) is 3.28. The largest absolute Gasteiger partial charge is 0.364 e. The number of ether oxygens (including phenoxy) is 1. The lowest BCUT2D eigenvalue weighted by Crippen LogP contribution is -2.29. The minimum Gasteiger partial charge on any atom is -0.364 e. The van der Waals surface area contributed by atoms with Gasteiger partial charge in [0, 0.05) is 6.54 Å². The van der Waals surface area contributed by atoms with Gasteiger partial charge in [-0.3, -0.25) is 0 Å². The lowest BCUT2D eigenvalue weighted by molar-refractivity contribution is 0.172. The van der Waals surface area contributed by atoms with Crippen LogP contribution in [0.15, 0.2) is 24.3 Å². The molecule has 0 atom stereocenters. The monoisotopic (exact) mass is 241 g/mol. The molecule has 1 aromatic carbocycles. The van der Waals surface area contributed by atoms with Crippen molar-refractivity contribution in [3.63, 3.8) is 0 Å². The Labute approximate surface area is 95.9 Å². The highest BCUT2D eigenvalue weighted by atomic mass is 32.2. The molecule has 0 spiro atoms. The fraction of sp³-hybridized carbons (Fsp3) is 0.455. The van der Waals surface area contributed by atoms with E-state index in [1.54, 1.807) is 0 Å². The van der Waals surface area contributed by atoms with E-state index in [-0.39, 0.29) is 12.5 Å². The van der Waals surface area contributed by atoms with Crippen LogP contribution in [-0.2, 0) is 20.5 Å². The minimum absolute atomic E-state index is 0.0536. The number of hydrogen-bond acceptors (Lipinski definition) is 3. The zero-order valence-corrected chi connectivity index (χ0v) is 10.0. The quantitative estimate of drug-likeness (QED) is 0.796. The number of sulfonamides is 1. The fourth-order valence-corrected chi connectivity index (χ4v) is 3.09. The van der Waals surface area contributed by atoms with Crippen LogP contribution in [0.5, 0.6) is 0 Å². The van der Waals surface area contributed by atoms with Gasteiger partial charge in [0.05, 0.1) is 12.4 Å². The molecular formula is C11H15NO3S. The SMILES string of the molecule is Cc1cccc(CS(=O)(=O)N2CCOC2)c1. The second-order valence-corrected chi connectivity index (χ2v) is 5.93. The molecule has 1 fully saturated rings. The van der Waals surface area contributed by atoms with Crippen molar-refractivity contribution < 1.29 is 13.2 Å². The third-order valence-corrected chi connectivity index (χ3v) is 4.32. The number of hydrogen-bond donors (Lipinski definition) is 0. The molecule has 2 rings (SSSR count). The molecule has 0 bridgehead atoms. The molecule has 0 aliphatic carbocycles. The van der Waals surface area contributed by atoms with Crippen molar-refractivity contribution in [2.75, 3.05) is 19.9 Å². The van der Waals surface area contributed by atoms with E-state index in [0.29, 0.717) is 13.2 Å². The summed E-state index contributed by atoms with van der Waals surface area (Å²) in [5, 5.41) is 0. The van der Waals surface area contributed by atoms with Crippen LogP contribution in [-0.4, -0.2) is 32.6 Å². The number of aryl methyl sites for hydroxylation is 1. The fourth-order valence-electron chi connectivity index (χ4n) is 1.72. The molecule has 5 heteroatoms. The molecule has 1 aromatic rings. The molecule has 88 valence electrons. The Morgan fingerprint density at radius 2 is 2.25 bits per heavy atom. The van der Waals surface area contributed by atoms with E-state index in [1.165, 1.54) is 4.31 Å². The summed E-state index contributed by atoms with van der Waals surface area (Å²) in [6, 6.07) is 7.56. The zero-order chi connectivity index (χ0) is 11.6. The van der Waals surface area contributed by atoms with Crippen molar-refractivity contribution in [3.05, 3.63) is 35.4 Å². The third kappa shape index (κ3) is 2.61. The first kappa shape index (κ1) is 11.6. The Bertz CT molecular complexity index is 464. The van der Waals surface area contributed by atoms with Gasteiger partial charge >= 0.3 is 0 Å². The third-order valence-electron chi connectivity index (χ3n) is 2.55. The van der Waals surface area contributed by atoms with Gasteiger partial charge in [0.2, 0.25) is 10.0 Å². The topological polar surface area (TPSA) is 46.6 Å². The van der Waals surface area contributed by atoms with E-state index in [4.69, 9.17) is 4.74 Å². The van der Waals surface area contributed by atoms with E-state index in [1.807, 2.05) is 31.2 Å². The number of nitrogens with zero attached hydrogens (tertiary/aromatic N) is 1. The first-order valence-corrected chi connectivity index (χ1v) is 6.80. The molecule has 0 saturated carbocycles. The van der Waals surface area contributed by atoms with Crippen molar-refractivity contribution >= 4 is 10.0 Å². The average Bonchev–Trinajstić information content (AvgIpc) is 2.69. The Balaban J connectivity index is 2.14. The normalized spacial score (nSPS) is 17.8. The summed E-state index contributed by atoms with van der Waals surface area (Å²) in [7, 11) is -3.22. The van der Waals surface area contributed by atoms with Crippen LogP contribution in [0, 0.1) is 6.92 Å². The lowest BCUT2D eigenvalue weighted by atomic mass is 10.2.